The van der Waals surface area contributed by atoms with E-state index in [1.807, 2.05) is 0 Å². The van der Waals surface area contributed by atoms with Gasteiger partial charge >= 0.3 is 0 Å². The molecule has 110 valence electrons. The monoisotopic (exact) mass is 281 g/mol. The average molecular weight is 281 g/mol. The van der Waals surface area contributed by atoms with Crippen LogP contribution in [0.15, 0.2) is 48.5 Å². The second-order valence-corrected chi connectivity index (χ2v) is 5.89. The summed E-state index contributed by atoms with van der Waals surface area (Å²) in [6, 6.07) is 16.9. The number of nitrogens with one attached hydrogen (secondary N) is 1. The number of hydrogen-bond donors (Lipinski definition) is 1. The minimum Gasteiger partial charge on any atom is -0.490 e. The van der Waals surface area contributed by atoms with E-state index in [1.54, 1.807) is 0 Å². The molecule has 0 radical (unpaired) electrons. The molecule has 1 aliphatic rings. The van der Waals surface area contributed by atoms with E-state index in [0.29, 0.717) is 6.10 Å². The normalized spacial score (nSPS) is 15.1. The minimum atomic E-state index is 0.422. The molecule has 2 aromatic rings. The van der Waals surface area contributed by atoms with Crippen LogP contribution in [0.25, 0.3) is 0 Å². The highest BCUT2D eigenvalue weighted by atomic mass is 16.5. The van der Waals surface area contributed by atoms with Crippen LogP contribution >= 0.6 is 0 Å². The molecule has 0 aromatic heterocycles. The predicted octanol–water partition coefficient (Wildman–Crippen LogP) is 4.93. The quantitative estimate of drug-likeness (QED) is 0.839. The Morgan fingerprint density at radius 2 is 1.81 bits per heavy atom. The summed E-state index contributed by atoms with van der Waals surface area (Å²) in [6.07, 6.45) is 5.43. The summed E-state index contributed by atoms with van der Waals surface area (Å²) in [7, 11) is 0. The van der Waals surface area contributed by atoms with Crippen LogP contribution in [0, 0.1) is 6.92 Å². The molecule has 1 aliphatic carbocycles. The van der Waals surface area contributed by atoms with E-state index in [1.165, 1.54) is 36.8 Å². The summed E-state index contributed by atoms with van der Waals surface area (Å²) in [5.41, 5.74) is 3.70. The van der Waals surface area contributed by atoms with Crippen LogP contribution in [-0.4, -0.2) is 6.10 Å². The van der Waals surface area contributed by atoms with Gasteiger partial charge in [-0.2, -0.15) is 0 Å². The van der Waals surface area contributed by atoms with Crippen molar-refractivity contribution in [3.05, 3.63) is 59.7 Å². The lowest BCUT2D eigenvalue weighted by Crippen LogP contribution is -2.11. The minimum absolute atomic E-state index is 0.422. The SMILES string of the molecule is Cc1ccc(NCc2cccc(OC3CCCC3)c2)cc1. The van der Waals surface area contributed by atoms with E-state index in [0.717, 1.165) is 18.0 Å². The second-order valence-electron chi connectivity index (χ2n) is 5.89. The zero-order valence-electron chi connectivity index (χ0n) is 12.6. The average Bonchev–Trinajstić information content (AvgIpc) is 3.00. The lowest BCUT2D eigenvalue weighted by molar-refractivity contribution is 0.210. The second kappa shape index (κ2) is 6.66. The van der Waals surface area contributed by atoms with E-state index in [4.69, 9.17) is 4.74 Å². The summed E-state index contributed by atoms with van der Waals surface area (Å²) in [4.78, 5) is 0. The van der Waals surface area contributed by atoms with Crippen molar-refractivity contribution in [1.29, 1.82) is 0 Å². The molecule has 2 nitrogen and oxygen atoms in total. The Kier molecular flexibility index (Phi) is 4.44. The van der Waals surface area contributed by atoms with Crippen LogP contribution in [0.4, 0.5) is 5.69 Å². The molecule has 0 bridgehead atoms. The number of ether oxygens (including phenoxy) is 1. The number of anilines is 1. The molecule has 1 saturated carbocycles. The molecule has 0 atom stereocenters. The van der Waals surface area contributed by atoms with Gasteiger partial charge in [0.25, 0.3) is 0 Å². The van der Waals surface area contributed by atoms with Crippen molar-refractivity contribution in [2.75, 3.05) is 5.32 Å². The van der Waals surface area contributed by atoms with Gasteiger partial charge in [-0.3, -0.25) is 0 Å². The number of rotatable bonds is 5. The summed E-state index contributed by atoms with van der Waals surface area (Å²) in [5, 5.41) is 3.45. The maximum atomic E-state index is 6.06. The Bertz CT molecular complexity index is 570. The van der Waals surface area contributed by atoms with Crippen LogP contribution in [0.5, 0.6) is 5.75 Å². The third-order valence-electron chi connectivity index (χ3n) is 4.05. The van der Waals surface area contributed by atoms with Crippen molar-refractivity contribution in [1.82, 2.24) is 0 Å². The summed E-state index contributed by atoms with van der Waals surface area (Å²) >= 11 is 0. The van der Waals surface area contributed by atoms with E-state index in [2.05, 4.69) is 60.8 Å². The summed E-state index contributed by atoms with van der Waals surface area (Å²) < 4.78 is 6.06. The van der Waals surface area contributed by atoms with Gasteiger partial charge in [0, 0.05) is 12.2 Å². The first-order valence-corrected chi connectivity index (χ1v) is 7.86. The highest BCUT2D eigenvalue weighted by Gasteiger charge is 2.16. The van der Waals surface area contributed by atoms with E-state index in [-0.39, 0.29) is 0 Å². The molecule has 1 N–H and O–H groups in total. The van der Waals surface area contributed by atoms with Crippen molar-refractivity contribution in [3.63, 3.8) is 0 Å². The smallest absolute Gasteiger partial charge is 0.120 e. The van der Waals surface area contributed by atoms with Crippen molar-refractivity contribution < 1.29 is 4.74 Å². The molecule has 21 heavy (non-hydrogen) atoms. The van der Waals surface area contributed by atoms with Gasteiger partial charge in [0.1, 0.15) is 5.75 Å². The predicted molar refractivity (Wildman–Crippen MR) is 87.8 cm³/mol. The maximum Gasteiger partial charge on any atom is 0.120 e. The third kappa shape index (κ3) is 4.01. The molecular weight excluding hydrogens is 258 g/mol. The summed E-state index contributed by atoms with van der Waals surface area (Å²) in [5.74, 6) is 1.00. The van der Waals surface area contributed by atoms with Crippen molar-refractivity contribution in [3.8, 4) is 5.75 Å². The van der Waals surface area contributed by atoms with Crippen molar-refractivity contribution in [2.24, 2.45) is 0 Å². The van der Waals surface area contributed by atoms with Crippen molar-refractivity contribution in [2.45, 2.75) is 45.3 Å². The first kappa shape index (κ1) is 14.0. The Hall–Kier alpha value is -1.96. The first-order chi connectivity index (χ1) is 10.3. The highest BCUT2D eigenvalue weighted by Crippen LogP contribution is 2.24. The zero-order valence-corrected chi connectivity index (χ0v) is 12.6. The fraction of sp³-hybridized carbons (Fsp3) is 0.368. The fourth-order valence-corrected chi connectivity index (χ4v) is 2.80. The van der Waals surface area contributed by atoms with Gasteiger partial charge in [0.2, 0.25) is 0 Å². The largest absolute Gasteiger partial charge is 0.490 e. The third-order valence-corrected chi connectivity index (χ3v) is 4.05. The van der Waals surface area contributed by atoms with E-state index in [9.17, 15) is 0 Å². The number of aryl methyl sites for hydroxylation is 1. The molecule has 0 saturated heterocycles. The lowest BCUT2D eigenvalue weighted by Gasteiger charge is -2.14. The van der Waals surface area contributed by atoms with Crippen LogP contribution in [0.2, 0.25) is 0 Å². The van der Waals surface area contributed by atoms with Crippen LogP contribution in [0.3, 0.4) is 0 Å². The molecule has 0 spiro atoms. The van der Waals surface area contributed by atoms with E-state index < -0.39 is 0 Å². The molecule has 1 fully saturated rings. The Balaban J connectivity index is 1.58. The van der Waals surface area contributed by atoms with Crippen LogP contribution in [-0.2, 0) is 6.54 Å². The van der Waals surface area contributed by atoms with Gasteiger partial charge in [-0.15, -0.1) is 0 Å². The van der Waals surface area contributed by atoms with Crippen LogP contribution in [0.1, 0.15) is 36.8 Å². The fourth-order valence-electron chi connectivity index (χ4n) is 2.80. The molecule has 0 amide bonds. The standard InChI is InChI=1S/C19H23NO/c1-15-9-11-17(12-10-15)20-14-16-5-4-8-19(13-16)21-18-6-2-3-7-18/h4-5,8-13,18,20H,2-3,6-7,14H2,1H3. The first-order valence-electron chi connectivity index (χ1n) is 7.86. The molecular formula is C19H23NO. The Labute approximate surface area is 127 Å². The number of hydrogen-bond acceptors (Lipinski definition) is 2. The van der Waals surface area contributed by atoms with Gasteiger partial charge in [-0.25, -0.2) is 0 Å². The van der Waals surface area contributed by atoms with Crippen LogP contribution < -0.4 is 10.1 Å². The molecule has 0 aliphatic heterocycles. The Morgan fingerprint density at radius 1 is 1.05 bits per heavy atom. The Morgan fingerprint density at radius 3 is 2.57 bits per heavy atom. The topological polar surface area (TPSA) is 21.3 Å². The molecule has 0 heterocycles. The van der Waals surface area contributed by atoms with Gasteiger partial charge in [-0.1, -0.05) is 29.8 Å². The zero-order chi connectivity index (χ0) is 14.5. The molecule has 2 heteroatoms. The molecule has 0 unspecified atom stereocenters. The van der Waals surface area contributed by atoms with Crippen molar-refractivity contribution >= 4 is 5.69 Å². The van der Waals surface area contributed by atoms with E-state index >= 15 is 0 Å². The maximum absolute atomic E-state index is 6.06. The summed E-state index contributed by atoms with van der Waals surface area (Å²) in [6.45, 7) is 2.93. The molecule has 2 aromatic carbocycles. The number of benzene rings is 2. The lowest BCUT2D eigenvalue weighted by atomic mass is 10.2. The molecule has 3 rings (SSSR count). The van der Waals surface area contributed by atoms with Gasteiger partial charge in [-0.05, 0) is 62.4 Å². The van der Waals surface area contributed by atoms with Gasteiger partial charge in [0.05, 0.1) is 6.10 Å². The van der Waals surface area contributed by atoms with Gasteiger partial charge < -0.3 is 10.1 Å². The van der Waals surface area contributed by atoms with Gasteiger partial charge in [0.15, 0.2) is 0 Å². The highest BCUT2D eigenvalue weighted by molar-refractivity contribution is 5.45.